The molecule has 0 rings (SSSR count). The lowest BCUT2D eigenvalue weighted by Gasteiger charge is -2.18. The third-order valence-electron chi connectivity index (χ3n) is 15.0. The molecule has 1 atom stereocenters. The zero-order chi connectivity index (χ0) is 59.2. The average Bonchev–Trinajstić information content (AvgIpc) is 3.47. The van der Waals surface area contributed by atoms with Crippen LogP contribution in [0.2, 0.25) is 0 Å². The lowest BCUT2D eigenvalue weighted by Crippen LogP contribution is -2.30. The van der Waals surface area contributed by atoms with E-state index in [-0.39, 0.29) is 31.1 Å². The molecule has 0 aromatic carbocycles. The standard InChI is InChI=1S/C76H130O6/c1-4-7-10-13-16-19-22-25-28-31-34-36-37-38-39-41-42-45-48-51-54-57-60-63-66-69-75(78)81-72-73(71-80-74(77)68-65-62-59-56-53-50-47-44-33-30-27-24-21-18-15-12-9-6-3)82-76(79)70-67-64-61-58-55-52-49-46-43-40-35-32-29-26-23-20-17-14-11-8-5-2/h8,11,17,20,22,25-26,29-31,33-35,37-38,40,46,49,73H,4-7,9-10,12-16,18-19,21,23-24,27-28,32,36,39,41-45,47-48,50-72H2,1-3H3/b11-8-,20-17-,25-22-,29-26-,33-30-,34-31-,38-37-,40-35-,49-46-. The molecular formula is C76H130O6. The van der Waals surface area contributed by atoms with E-state index in [0.29, 0.717) is 19.3 Å². The van der Waals surface area contributed by atoms with Gasteiger partial charge in [-0.15, -0.1) is 0 Å². The number of allylic oxidation sites excluding steroid dienone is 18. The Morgan fingerprint density at radius 3 is 0.756 bits per heavy atom. The minimum Gasteiger partial charge on any atom is -0.462 e. The Morgan fingerprint density at radius 1 is 0.256 bits per heavy atom. The van der Waals surface area contributed by atoms with Gasteiger partial charge in [0.25, 0.3) is 0 Å². The second-order valence-electron chi connectivity index (χ2n) is 23.1. The third kappa shape index (κ3) is 66.9. The predicted molar refractivity (Wildman–Crippen MR) is 357 cm³/mol. The number of hydrogen-bond donors (Lipinski definition) is 0. The Bertz CT molecular complexity index is 1640. The molecule has 0 spiro atoms. The minimum atomic E-state index is -0.796. The molecule has 470 valence electrons. The fourth-order valence-electron chi connectivity index (χ4n) is 9.77. The van der Waals surface area contributed by atoms with Gasteiger partial charge in [0.2, 0.25) is 0 Å². The summed E-state index contributed by atoms with van der Waals surface area (Å²) in [6.07, 6.45) is 95.3. The topological polar surface area (TPSA) is 78.9 Å². The first-order valence-electron chi connectivity index (χ1n) is 34.9. The molecule has 0 amide bonds. The molecule has 0 radical (unpaired) electrons. The van der Waals surface area contributed by atoms with Crippen LogP contribution in [0.5, 0.6) is 0 Å². The van der Waals surface area contributed by atoms with Crippen LogP contribution in [0, 0.1) is 0 Å². The number of carbonyl (C=O) groups excluding carboxylic acids is 3. The monoisotopic (exact) mass is 1140 g/mol. The Labute approximate surface area is 508 Å². The molecule has 82 heavy (non-hydrogen) atoms. The van der Waals surface area contributed by atoms with Crippen LogP contribution >= 0.6 is 0 Å². The van der Waals surface area contributed by atoms with Crippen molar-refractivity contribution in [1.82, 2.24) is 0 Å². The van der Waals surface area contributed by atoms with Crippen molar-refractivity contribution in [1.29, 1.82) is 0 Å². The highest BCUT2D eigenvalue weighted by Crippen LogP contribution is 2.16. The van der Waals surface area contributed by atoms with Gasteiger partial charge in [-0.1, -0.05) is 297 Å². The van der Waals surface area contributed by atoms with Crippen LogP contribution in [0.4, 0.5) is 0 Å². The van der Waals surface area contributed by atoms with Crippen molar-refractivity contribution < 1.29 is 28.6 Å². The zero-order valence-electron chi connectivity index (χ0n) is 54.0. The lowest BCUT2D eigenvalue weighted by molar-refractivity contribution is -0.167. The van der Waals surface area contributed by atoms with Crippen LogP contribution in [-0.2, 0) is 28.6 Å². The number of rotatable bonds is 63. The van der Waals surface area contributed by atoms with E-state index in [1.807, 2.05) is 0 Å². The van der Waals surface area contributed by atoms with E-state index in [1.165, 1.54) is 173 Å². The summed E-state index contributed by atoms with van der Waals surface area (Å²) in [6.45, 7) is 6.53. The lowest BCUT2D eigenvalue weighted by atomic mass is 10.1. The van der Waals surface area contributed by atoms with Crippen molar-refractivity contribution in [2.45, 2.75) is 341 Å². The summed E-state index contributed by atoms with van der Waals surface area (Å²) in [5.74, 6) is -0.904. The maximum atomic E-state index is 13.0. The van der Waals surface area contributed by atoms with Gasteiger partial charge in [0.1, 0.15) is 13.2 Å². The van der Waals surface area contributed by atoms with Crippen LogP contribution in [-0.4, -0.2) is 37.2 Å². The van der Waals surface area contributed by atoms with Gasteiger partial charge in [0.05, 0.1) is 0 Å². The number of hydrogen-bond acceptors (Lipinski definition) is 6. The molecule has 0 heterocycles. The second kappa shape index (κ2) is 69.6. The number of ether oxygens (including phenoxy) is 3. The summed E-state index contributed by atoms with van der Waals surface area (Å²) in [7, 11) is 0. The van der Waals surface area contributed by atoms with Crippen LogP contribution in [0.3, 0.4) is 0 Å². The average molecular weight is 1140 g/mol. The molecule has 0 N–H and O–H groups in total. The van der Waals surface area contributed by atoms with Gasteiger partial charge in [-0.3, -0.25) is 14.4 Å². The highest BCUT2D eigenvalue weighted by Gasteiger charge is 2.19. The summed E-state index contributed by atoms with van der Waals surface area (Å²) in [6, 6.07) is 0. The molecule has 1 unspecified atom stereocenters. The largest absolute Gasteiger partial charge is 0.462 e. The van der Waals surface area contributed by atoms with Gasteiger partial charge in [0.15, 0.2) is 6.10 Å². The molecule has 0 saturated heterocycles. The Kier molecular flexibility index (Phi) is 66.2. The number of esters is 3. The van der Waals surface area contributed by atoms with Crippen molar-refractivity contribution in [2.24, 2.45) is 0 Å². The molecule has 6 heteroatoms. The molecule has 0 aliphatic heterocycles. The molecule has 0 aromatic rings. The number of unbranched alkanes of at least 4 members (excludes halogenated alkanes) is 34. The van der Waals surface area contributed by atoms with Gasteiger partial charge in [-0.2, -0.15) is 0 Å². The Hall–Kier alpha value is -3.93. The van der Waals surface area contributed by atoms with Gasteiger partial charge in [0, 0.05) is 19.3 Å². The SMILES string of the molecule is CC/C=C\C/C=C\C/C=C\C/C=C\C/C=C\CCCCCCCC(=O)OC(COC(=O)CCCCCCCCC/C=C\CCCCCCCCC)COC(=O)CCCCCCCCCCCC/C=C\C/C=C\C/C=C\CCCCCCC. The van der Waals surface area contributed by atoms with Crippen molar-refractivity contribution >= 4 is 17.9 Å². The minimum absolute atomic E-state index is 0.0894. The van der Waals surface area contributed by atoms with Crippen molar-refractivity contribution in [2.75, 3.05) is 13.2 Å². The van der Waals surface area contributed by atoms with Gasteiger partial charge < -0.3 is 14.2 Å². The zero-order valence-corrected chi connectivity index (χ0v) is 54.0. The highest BCUT2D eigenvalue weighted by molar-refractivity contribution is 5.71. The van der Waals surface area contributed by atoms with E-state index in [2.05, 4.69) is 130 Å². The molecule has 0 aliphatic carbocycles. The summed E-state index contributed by atoms with van der Waals surface area (Å²) in [5.41, 5.74) is 0. The highest BCUT2D eigenvalue weighted by atomic mass is 16.6. The second-order valence-corrected chi connectivity index (χ2v) is 23.1. The van der Waals surface area contributed by atoms with Crippen LogP contribution in [0.1, 0.15) is 335 Å². The van der Waals surface area contributed by atoms with E-state index < -0.39 is 6.10 Å². The van der Waals surface area contributed by atoms with Crippen LogP contribution in [0.15, 0.2) is 109 Å². The van der Waals surface area contributed by atoms with Gasteiger partial charge >= 0.3 is 17.9 Å². The molecule has 0 aromatic heterocycles. The Morgan fingerprint density at radius 2 is 0.476 bits per heavy atom. The van der Waals surface area contributed by atoms with E-state index in [4.69, 9.17) is 14.2 Å². The van der Waals surface area contributed by atoms with Crippen LogP contribution in [0.25, 0.3) is 0 Å². The third-order valence-corrected chi connectivity index (χ3v) is 15.0. The molecule has 0 aliphatic rings. The fraction of sp³-hybridized carbons (Fsp3) is 0.724. The first kappa shape index (κ1) is 78.1. The van der Waals surface area contributed by atoms with Crippen molar-refractivity contribution in [3.8, 4) is 0 Å². The maximum Gasteiger partial charge on any atom is 0.306 e. The molecule has 0 bridgehead atoms. The Balaban J connectivity index is 4.42. The first-order chi connectivity index (χ1) is 40.5. The molecule has 0 saturated carbocycles. The van der Waals surface area contributed by atoms with Crippen LogP contribution < -0.4 is 0 Å². The van der Waals surface area contributed by atoms with E-state index in [0.717, 1.165) is 122 Å². The normalized spacial score (nSPS) is 12.8. The van der Waals surface area contributed by atoms with Gasteiger partial charge in [-0.05, 0) is 128 Å². The first-order valence-corrected chi connectivity index (χ1v) is 34.9. The van der Waals surface area contributed by atoms with Crippen molar-refractivity contribution in [3.63, 3.8) is 0 Å². The number of carbonyl (C=O) groups is 3. The van der Waals surface area contributed by atoms with E-state index in [9.17, 15) is 14.4 Å². The molecule has 0 fully saturated rings. The summed E-state index contributed by atoms with van der Waals surface area (Å²) in [5, 5.41) is 0. The predicted octanol–water partition coefficient (Wildman–Crippen LogP) is 24.2. The summed E-state index contributed by atoms with van der Waals surface area (Å²) in [4.78, 5) is 38.5. The molecular weight excluding hydrogens is 1010 g/mol. The quantitative estimate of drug-likeness (QED) is 0.0261. The van der Waals surface area contributed by atoms with Crippen molar-refractivity contribution in [3.05, 3.63) is 109 Å². The van der Waals surface area contributed by atoms with Gasteiger partial charge in [-0.25, -0.2) is 0 Å². The smallest absolute Gasteiger partial charge is 0.306 e. The summed E-state index contributed by atoms with van der Waals surface area (Å²) < 4.78 is 17.0. The fourth-order valence-corrected chi connectivity index (χ4v) is 9.77. The van der Waals surface area contributed by atoms with E-state index in [1.54, 1.807) is 0 Å². The molecule has 6 nitrogen and oxygen atoms in total. The maximum absolute atomic E-state index is 13.0. The van der Waals surface area contributed by atoms with E-state index >= 15 is 0 Å². The summed E-state index contributed by atoms with van der Waals surface area (Å²) >= 11 is 0.